The molecular formula is C9H12O4. The Kier molecular flexibility index (Phi) is 4.51. The van der Waals surface area contributed by atoms with Crippen LogP contribution < -0.4 is 0 Å². The molecule has 0 aromatic rings. The van der Waals surface area contributed by atoms with E-state index in [2.05, 4.69) is 22.6 Å². The summed E-state index contributed by atoms with van der Waals surface area (Å²) in [5.74, 6) is -1.16. The van der Waals surface area contributed by atoms with Gasteiger partial charge < -0.3 is 9.47 Å². The van der Waals surface area contributed by atoms with E-state index in [1.54, 1.807) is 0 Å². The minimum absolute atomic E-state index is 0.235. The summed E-state index contributed by atoms with van der Waals surface area (Å²) in [7, 11) is 0. The Morgan fingerprint density at radius 3 is 2.15 bits per heavy atom. The maximum absolute atomic E-state index is 10.9. The topological polar surface area (TPSA) is 52.6 Å². The molecule has 0 saturated heterocycles. The Hall–Kier alpha value is -1.58. The van der Waals surface area contributed by atoms with E-state index in [0.29, 0.717) is 0 Å². The molecule has 0 fully saturated rings. The van der Waals surface area contributed by atoms with Crippen molar-refractivity contribution < 1.29 is 19.1 Å². The average molecular weight is 184 g/mol. The Balaban J connectivity index is 4.13. The van der Waals surface area contributed by atoms with Gasteiger partial charge in [-0.1, -0.05) is 13.2 Å². The lowest BCUT2D eigenvalue weighted by Gasteiger charge is -2.12. The van der Waals surface area contributed by atoms with Gasteiger partial charge in [-0.3, -0.25) is 4.79 Å². The normalized spacial score (nSPS) is 11.2. The molecule has 0 aliphatic rings. The molecule has 0 N–H and O–H groups in total. The van der Waals surface area contributed by atoms with Crippen LogP contribution in [0.5, 0.6) is 0 Å². The molecule has 13 heavy (non-hydrogen) atoms. The van der Waals surface area contributed by atoms with Crippen LogP contribution in [0.2, 0.25) is 0 Å². The van der Waals surface area contributed by atoms with Gasteiger partial charge in [0.25, 0.3) is 6.29 Å². The van der Waals surface area contributed by atoms with Crippen molar-refractivity contribution in [3.63, 3.8) is 0 Å². The Labute approximate surface area is 76.8 Å². The Morgan fingerprint density at radius 1 is 1.31 bits per heavy atom. The summed E-state index contributed by atoms with van der Waals surface area (Å²) in [6.07, 6.45) is 0.170. The van der Waals surface area contributed by atoms with E-state index in [9.17, 15) is 9.59 Å². The molecule has 0 heterocycles. The summed E-state index contributed by atoms with van der Waals surface area (Å²) < 4.78 is 9.25. The molecule has 0 radical (unpaired) electrons. The molecule has 4 nitrogen and oxygen atoms in total. The van der Waals surface area contributed by atoms with Crippen molar-refractivity contribution in [2.45, 2.75) is 20.1 Å². The number of carbonyl (C=O) groups is 2. The summed E-state index contributed by atoms with van der Waals surface area (Å²) in [6.45, 7) is 9.42. The molecule has 0 aromatic heterocycles. The third-order valence-electron chi connectivity index (χ3n) is 1.05. The zero-order chi connectivity index (χ0) is 10.4. The highest BCUT2D eigenvalue weighted by molar-refractivity contribution is 5.87. The fraction of sp³-hybridized carbons (Fsp3) is 0.333. The molecule has 4 heteroatoms. The molecule has 0 saturated carbocycles. The van der Waals surface area contributed by atoms with E-state index in [0.717, 1.165) is 0 Å². The van der Waals surface area contributed by atoms with Crippen LogP contribution in [0, 0.1) is 0 Å². The number of hydrogen-bond donors (Lipinski definition) is 0. The van der Waals surface area contributed by atoms with Crippen LogP contribution in [0.25, 0.3) is 0 Å². The largest absolute Gasteiger partial charge is 0.421 e. The number of esters is 2. The smallest absolute Gasteiger partial charge is 0.336 e. The predicted molar refractivity (Wildman–Crippen MR) is 46.7 cm³/mol. The van der Waals surface area contributed by atoms with Gasteiger partial charge in [0, 0.05) is 12.5 Å². The van der Waals surface area contributed by atoms with Gasteiger partial charge in [-0.2, -0.15) is 0 Å². The highest BCUT2D eigenvalue weighted by atomic mass is 16.7. The number of carbonyl (C=O) groups excluding carboxylic acids is 2. The van der Waals surface area contributed by atoms with Gasteiger partial charge in [-0.15, -0.1) is 0 Å². The molecule has 0 rings (SSSR count). The second kappa shape index (κ2) is 5.13. The van der Waals surface area contributed by atoms with Crippen molar-refractivity contribution in [1.82, 2.24) is 0 Å². The maximum Gasteiger partial charge on any atom is 0.336 e. The third kappa shape index (κ3) is 4.79. The molecule has 0 spiro atoms. The van der Waals surface area contributed by atoms with Crippen LogP contribution in [0.1, 0.15) is 13.8 Å². The van der Waals surface area contributed by atoms with Gasteiger partial charge in [-0.05, 0) is 13.0 Å². The van der Waals surface area contributed by atoms with Crippen molar-refractivity contribution in [1.29, 1.82) is 0 Å². The molecule has 0 aromatic carbocycles. The lowest BCUT2D eigenvalue weighted by molar-refractivity contribution is -0.174. The average Bonchev–Trinajstić information content (AvgIpc) is 2.02. The minimum atomic E-state index is -1.04. The van der Waals surface area contributed by atoms with Gasteiger partial charge in [0.15, 0.2) is 0 Å². The second-order valence-corrected chi connectivity index (χ2v) is 2.40. The zero-order valence-electron chi connectivity index (χ0n) is 7.70. The van der Waals surface area contributed by atoms with E-state index in [4.69, 9.17) is 0 Å². The van der Waals surface area contributed by atoms with Crippen molar-refractivity contribution in [2.24, 2.45) is 0 Å². The van der Waals surface area contributed by atoms with Crippen LogP contribution >= 0.6 is 0 Å². The van der Waals surface area contributed by atoms with Crippen LogP contribution in [0.4, 0.5) is 0 Å². The zero-order valence-corrected chi connectivity index (χ0v) is 7.70. The molecule has 1 atom stereocenters. The first-order valence-corrected chi connectivity index (χ1v) is 3.63. The minimum Gasteiger partial charge on any atom is -0.421 e. The first kappa shape index (κ1) is 11.4. The van der Waals surface area contributed by atoms with E-state index in [1.165, 1.54) is 19.9 Å². The SMILES string of the molecule is C=CC(OC(C)=O)OC(=O)C(=C)C. The van der Waals surface area contributed by atoms with E-state index in [1.807, 2.05) is 0 Å². The lowest BCUT2D eigenvalue weighted by Crippen LogP contribution is -2.21. The van der Waals surface area contributed by atoms with Crippen LogP contribution in [0.15, 0.2) is 24.8 Å². The molecule has 0 aliphatic heterocycles. The van der Waals surface area contributed by atoms with Crippen LogP contribution in [-0.2, 0) is 19.1 Å². The lowest BCUT2D eigenvalue weighted by atomic mass is 10.4. The first-order valence-electron chi connectivity index (χ1n) is 3.63. The molecule has 0 bridgehead atoms. The summed E-state index contributed by atoms with van der Waals surface area (Å²) in [4.78, 5) is 21.4. The van der Waals surface area contributed by atoms with Crippen molar-refractivity contribution in [3.8, 4) is 0 Å². The van der Waals surface area contributed by atoms with E-state index < -0.39 is 18.2 Å². The Bertz CT molecular complexity index is 242. The summed E-state index contributed by atoms with van der Waals surface area (Å²) in [6, 6.07) is 0. The standard InChI is InChI=1S/C9H12O4/c1-5-8(12-7(4)10)13-9(11)6(2)3/h5,8H,1-2H2,3-4H3. The fourth-order valence-corrected chi connectivity index (χ4v) is 0.490. The monoisotopic (exact) mass is 184 g/mol. The van der Waals surface area contributed by atoms with Crippen molar-refractivity contribution >= 4 is 11.9 Å². The van der Waals surface area contributed by atoms with E-state index in [-0.39, 0.29) is 5.57 Å². The number of ether oxygens (including phenoxy) is 2. The maximum atomic E-state index is 10.9. The quantitative estimate of drug-likeness (QED) is 0.285. The number of rotatable bonds is 4. The molecule has 0 aliphatic carbocycles. The van der Waals surface area contributed by atoms with Gasteiger partial charge in [0.1, 0.15) is 0 Å². The fourth-order valence-electron chi connectivity index (χ4n) is 0.490. The third-order valence-corrected chi connectivity index (χ3v) is 1.05. The second-order valence-electron chi connectivity index (χ2n) is 2.40. The highest BCUT2D eigenvalue weighted by Crippen LogP contribution is 2.01. The molecule has 72 valence electrons. The van der Waals surface area contributed by atoms with Gasteiger partial charge in [0.2, 0.25) is 0 Å². The summed E-state index contributed by atoms with van der Waals surface area (Å²) >= 11 is 0. The van der Waals surface area contributed by atoms with Gasteiger partial charge >= 0.3 is 11.9 Å². The summed E-state index contributed by atoms with van der Waals surface area (Å²) in [5, 5.41) is 0. The molecular weight excluding hydrogens is 172 g/mol. The summed E-state index contributed by atoms with van der Waals surface area (Å²) in [5.41, 5.74) is 0.235. The number of hydrogen-bond acceptors (Lipinski definition) is 4. The van der Waals surface area contributed by atoms with Gasteiger partial charge in [-0.25, -0.2) is 4.79 Å². The van der Waals surface area contributed by atoms with Crippen LogP contribution in [0.3, 0.4) is 0 Å². The first-order chi connectivity index (χ1) is 5.97. The highest BCUT2D eigenvalue weighted by Gasteiger charge is 2.13. The molecule has 0 amide bonds. The van der Waals surface area contributed by atoms with Crippen LogP contribution in [-0.4, -0.2) is 18.2 Å². The predicted octanol–water partition coefficient (Wildman–Crippen LogP) is 1.18. The molecule has 1 unspecified atom stereocenters. The van der Waals surface area contributed by atoms with Gasteiger partial charge in [0.05, 0.1) is 0 Å². The Morgan fingerprint density at radius 2 is 1.85 bits per heavy atom. The van der Waals surface area contributed by atoms with E-state index >= 15 is 0 Å². The van der Waals surface area contributed by atoms with Crippen molar-refractivity contribution in [3.05, 3.63) is 24.8 Å². The van der Waals surface area contributed by atoms with Crippen molar-refractivity contribution in [2.75, 3.05) is 0 Å².